The second-order valence-electron chi connectivity index (χ2n) is 13.9. The van der Waals surface area contributed by atoms with Crippen LogP contribution in [0.3, 0.4) is 0 Å². The van der Waals surface area contributed by atoms with E-state index in [2.05, 4.69) is 33.4 Å². The lowest BCUT2D eigenvalue weighted by molar-refractivity contribution is -0.168. The van der Waals surface area contributed by atoms with E-state index >= 15 is 0 Å². The molecule has 4 rings (SSSR count). The van der Waals surface area contributed by atoms with Crippen molar-refractivity contribution in [3.8, 4) is 16.9 Å². The van der Waals surface area contributed by atoms with E-state index < -0.39 is 87.2 Å². The van der Waals surface area contributed by atoms with Crippen LogP contribution in [0.1, 0.15) is 70.0 Å². The van der Waals surface area contributed by atoms with Crippen LogP contribution in [-0.2, 0) is 67.4 Å². The summed E-state index contributed by atoms with van der Waals surface area (Å²) in [5.74, 6) is -5.54. The number of likely N-dealkylation sites (N-methyl/N-ethyl adjacent to an activating group) is 1. The molecular formula is C42H47N3O15. The van der Waals surface area contributed by atoms with Crippen molar-refractivity contribution in [1.29, 1.82) is 0 Å². The Balaban J connectivity index is 1.59. The molecule has 60 heavy (non-hydrogen) atoms. The van der Waals surface area contributed by atoms with Crippen molar-refractivity contribution in [2.75, 3.05) is 68.3 Å². The van der Waals surface area contributed by atoms with Crippen LogP contribution in [0.4, 0.5) is 17.1 Å². The molecular weight excluding hydrogens is 786 g/mol. The highest BCUT2D eigenvalue weighted by Crippen LogP contribution is 2.50. The van der Waals surface area contributed by atoms with Crippen LogP contribution in [-0.4, -0.2) is 101 Å². The lowest BCUT2D eigenvalue weighted by atomic mass is 9.81. The zero-order valence-electron chi connectivity index (χ0n) is 34.4. The number of rotatable bonds is 20. The normalized spacial score (nSPS) is 11.8. The number of nitrogens with zero attached hydrogens (tertiary/aromatic N) is 2. The molecule has 3 aromatic rings. The summed E-state index contributed by atoms with van der Waals surface area (Å²) >= 11 is 0. The molecule has 0 heterocycles. The fraction of sp³-hybridized carbons (Fsp3) is 0.381. The Morgan fingerprint density at radius 2 is 1.13 bits per heavy atom. The van der Waals surface area contributed by atoms with Gasteiger partial charge in [-0.3, -0.25) is 33.6 Å². The van der Waals surface area contributed by atoms with Gasteiger partial charge in [-0.2, -0.15) is 0 Å². The highest BCUT2D eigenvalue weighted by atomic mass is 16.7. The summed E-state index contributed by atoms with van der Waals surface area (Å²) in [6.45, 7) is 7.22. The molecule has 0 unspecified atom stereocenters. The van der Waals surface area contributed by atoms with E-state index in [1.165, 1.54) is 25.1 Å². The zero-order chi connectivity index (χ0) is 44.1. The number of carbonyl (C=O) groups excluding carboxylic acids is 8. The Labute approximate surface area is 345 Å². The van der Waals surface area contributed by atoms with Gasteiger partial charge in [0, 0.05) is 55.7 Å². The van der Waals surface area contributed by atoms with Gasteiger partial charge in [-0.1, -0.05) is 32.0 Å². The maximum atomic E-state index is 13.6. The summed E-state index contributed by atoms with van der Waals surface area (Å²) < 4.78 is 34.5. The van der Waals surface area contributed by atoms with Gasteiger partial charge in [0.25, 0.3) is 0 Å². The number of hydrogen-bond donors (Lipinski definition) is 1. The summed E-state index contributed by atoms with van der Waals surface area (Å²) in [6.07, 6.45) is 0. The van der Waals surface area contributed by atoms with Crippen LogP contribution in [0.5, 0.6) is 5.75 Å². The van der Waals surface area contributed by atoms with Gasteiger partial charge in [-0.15, -0.1) is 0 Å². The zero-order valence-corrected chi connectivity index (χ0v) is 34.4. The smallest absolute Gasteiger partial charge is 0.347 e. The van der Waals surface area contributed by atoms with Crippen molar-refractivity contribution in [3.63, 3.8) is 0 Å². The van der Waals surface area contributed by atoms with E-state index in [1.54, 1.807) is 0 Å². The maximum absolute atomic E-state index is 13.6. The van der Waals surface area contributed by atoms with Crippen LogP contribution in [0, 0.1) is 0 Å². The first kappa shape index (κ1) is 45.7. The SMILES string of the molecule is CCN(CC(=O)Nc1ccc(N(CC(=O)OCOC(C)=O)CC(=O)OCOC(C)=O)c(OCC(=O)OCOC(C)=O)c1)c1ccc2c(c1)C(C)(C)c1cc(C(C)=O)ccc1-2. The van der Waals surface area contributed by atoms with Gasteiger partial charge in [0.15, 0.2) is 12.4 Å². The summed E-state index contributed by atoms with van der Waals surface area (Å²) in [6, 6.07) is 15.9. The largest absolute Gasteiger partial charge is 0.480 e. The van der Waals surface area contributed by atoms with E-state index in [-0.39, 0.29) is 29.5 Å². The Kier molecular flexibility index (Phi) is 15.7. The summed E-state index contributed by atoms with van der Waals surface area (Å²) in [7, 11) is 0. The number of nitrogens with one attached hydrogen (secondary N) is 1. The van der Waals surface area contributed by atoms with Gasteiger partial charge in [0.1, 0.15) is 18.8 Å². The van der Waals surface area contributed by atoms with Crippen molar-refractivity contribution >= 4 is 64.6 Å². The van der Waals surface area contributed by atoms with Crippen molar-refractivity contribution in [2.45, 2.75) is 53.9 Å². The first-order chi connectivity index (χ1) is 28.4. The second kappa shape index (κ2) is 20.6. The highest BCUT2D eigenvalue weighted by molar-refractivity contribution is 5.97. The number of esters is 6. The molecule has 1 aliphatic carbocycles. The van der Waals surface area contributed by atoms with Gasteiger partial charge in [-0.05, 0) is 66.4 Å². The van der Waals surface area contributed by atoms with E-state index in [4.69, 9.17) is 18.9 Å². The van der Waals surface area contributed by atoms with Gasteiger partial charge in [-0.25, -0.2) is 4.79 Å². The van der Waals surface area contributed by atoms with Gasteiger partial charge in [0.2, 0.25) is 26.3 Å². The number of Topliss-reactive ketones (excluding diaryl/α,β-unsaturated/α-hetero) is 1. The van der Waals surface area contributed by atoms with E-state index in [0.717, 1.165) is 53.6 Å². The van der Waals surface area contributed by atoms with Crippen molar-refractivity contribution in [2.24, 2.45) is 0 Å². The molecule has 320 valence electrons. The fourth-order valence-corrected chi connectivity index (χ4v) is 6.21. The van der Waals surface area contributed by atoms with Crippen LogP contribution in [0.2, 0.25) is 0 Å². The molecule has 3 aromatic carbocycles. The first-order valence-electron chi connectivity index (χ1n) is 18.6. The van der Waals surface area contributed by atoms with E-state index in [1.807, 2.05) is 48.2 Å². The quantitative estimate of drug-likeness (QED) is 0.0735. The molecule has 0 bridgehead atoms. The first-order valence-corrected chi connectivity index (χ1v) is 18.6. The van der Waals surface area contributed by atoms with Crippen LogP contribution in [0.25, 0.3) is 11.1 Å². The fourth-order valence-electron chi connectivity index (χ4n) is 6.21. The summed E-state index contributed by atoms with van der Waals surface area (Å²) in [4.78, 5) is 100. The summed E-state index contributed by atoms with van der Waals surface area (Å²) in [5.41, 5.74) is 5.42. The molecule has 18 heteroatoms. The molecule has 0 aromatic heterocycles. The lowest BCUT2D eigenvalue weighted by Gasteiger charge is -2.27. The molecule has 1 aliphatic rings. The Morgan fingerprint density at radius 3 is 1.67 bits per heavy atom. The number of carbonyl (C=O) groups is 8. The third-order valence-electron chi connectivity index (χ3n) is 9.16. The molecule has 1 N–H and O–H groups in total. The molecule has 0 spiro atoms. The molecule has 1 amide bonds. The van der Waals surface area contributed by atoms with E-state index in [0.29, 0.717) is 12.1 Å². The topological polar surface area (TPSA) is 220 Å². The number of anilines is 3. The average molecular weight is 834 g/mol. The molecule has 0 fully saturated rings. The Hall–Kier alpha value is -6.98. The van der Waals surface area contributed by atoms with Crippen molar-refractivity contribution in [3.05, 3.63) is 71.3 Å². The second-order valence-corrected chi connectivity index (χ2v) is 13.9. The number of ether oxygens (including phenoxy) is 7. The minimum absolute atomic E-state index is 0.0202. The predicted octanol–water partition coefficient (Wildman–Crippen LogP) is 4.04. The van der Waals surface area contributed by atoms with E-state index in [9.17, 15) is 38.4 Å². The van der Waals surface area contributed by atoms with Gasteiger partial charge in [0.05, 0.1) is 12.2 Å². The number of hydrogen-bond acceptors (Lipinski definition) is 17. The minimum atomic E-state index is -0.955. The monoisotopic (exact) mass is 833 g/mol. The van der Waals surface area contributed by atoms with Crippen molar-refractivity contribution in [1.82, 2.24) is 0 Å². The number of benzene rings is 3. The predicted molar refractivity (Wildman–Crippen MR) is 213 cm³/mol. The third kappa shape index (κ3) is 12.5. The number of amides is 1. The minimum Gasteiger partial charge on any atom is -0.480 e. The molecule has 18 nitrogen and oxygen atoms in total. The Bertz CT molecular complexity index is 2110. The Morgan fingerprint density at radius 1 is 0.600 bits per heavy atom. The number of fused-ring (bicyclic) bond motifs is 3. The standard InChI is InChI=1S/C42H47N3O15/c1-8-44(31-11-13-33-32-12-9-29(25(2)46)15-34(32)42(6,7)35(33)17-31)18-38(50)43-30-10-14-36(37(16-30)54-21-41(53)60-24-57-28(5)49)45(19-39(51)58-22-55-26(3)47)20-40(52)59-23-56-27(4)48/h9-17H,8,18-24H2,1-7H3,(H,43,50). The average Bonchev–Trinajstić information content (AvgIpc) is 3.40. The molecule has 0 saturated carbocycles. The third-order valence-corrected chi connectivity index (χ3v) is 9.16. The van der Waals surface area contributed by atoms with Crippen LogP contribution >= 0.6 is 0 Å². The van der Waals surface area contributed by atoms with Crippen molar-refractivity contribution < 1.29 is 71.5 Å². The lowest BCUT2D eigenvalue weighted by Crippen LogP contribution is -2.37. The van der Waals surface area contributed by atoms with Gasteiger partial charge >= 0.3 is 35.8 Å². The maximum Gasteiger partial charge on any atom is 0.347 e. The van der Waals surface area contributed by atoms with Crippen LogP contribution < -0.4 is 19.9 Å². The summed E-state index contributed by atoms with van der Waals surface area (Å²) in [5, 5.41) is 2.81. The molecule has 0 radical (unpaired) electrons. The van der Waals surface area contributed by atoms with Crippen LogP contribution in [0.15, 0.2) is 54.6 Å². The number of ketones is 1. The molecule has 0 aliphatic heterocycles. The highest BCUT2D eigenvalue weighted by Gasteiger charge is 2.36. The van der Waals surface area contributed by atoms with Gasteiger partial charge < -0.3 is 48.3 Å². The molecule has 0 atom stereocenters. The molecule has 0 saturated heterocycles.